The van der Waals surface area contributed by atoms with Crippen molar-refractivity contribution in [3.05, 3.63) is 28.2 Å². The van der Waals surface area contributed by atoms with Crippen LogP contribution in [0.15, 0.2) is 22.7 Å². The lowest BCUT2D eigenvalue weighted by Gasteiger charge is -2.14. The van der Waals surface area contributed by atoms with Crippen LogP contribution in [-0.4, -0.2) is 23.8 Å². The average Bonchev–Trinajstić information content (AvgIpc) is 2.31. The number of hydrogen-bond acceptors (Lipinski definition) is 4. The van der Waals surface area contributed by atoms with Crippen LogP contribution in [-0.2, 0) is 16.1 Å². The number of carbonyl (C=O) groups is 1. The highest BCUT2D eigenvalue weighted by Crippen LogP contribution is 2.23. The Labute approximate surface area is 109 Å². The van der Waals surface area contributed by atoms with Gasteiger partial charge in [0.15, 0.2) is 6.10 Å². The van der Waals surface area contributed by atoms with Gasteiger partial charge in [-0.25, -0.2) is 4.79 Å². The van der Waals surface area contributed by atoms with E-state index in [0.29, 0.717) is 17.9 Å². The summed E-state index contributed by atoms with van der Waals surface area (Å²) in [5, 5.41) is 9.09. The zero-order valence-electron chi connectivity index (χ0n) is 9.77. The van der Waals surface area contributed by atoms with Crippen LogP contribution >= 0.6 is 15.9 Å². The Bertz CT molecular complexity index is 392. The maximum absolute atomic E-state index is 11.4. The van der Waals surface area contributed by atoms with Crippen molar-refractivity contribution in [3.8, 4) is 5.75 Å². The van der Waals surface area contributed by atoms with Gasteiger partial charge in [0.05, 0.1) is 13.2 Å². The van der Waals surface area contributed by atoms with Crippen molar-refractivity contribution >= 4 is 21.9 Å². The first-order valence-electron chi connectivity index (χ1n) is 5.31. The van der Waals surface area contributed by atoms with Crippen LogP contribution in [0.5, 0.6) is 5.75 Å². The minimum atomic E-state index is -0.664. The van der Waals surface area contributed by atoms with Crippen molar-refractivity contribution in [3.63, 3.8) is 0 Å². The number of aliphatic hydroxyl groups is 1. The Kier molecular flexibility index (Phi) is 5.44. The Morgan fingerprint density at radius 2 is 2.24 bits per heavy atom. The molecule has 0 aliphatic carbocycles. The third-order valence-electron chi connectivity index (χ3n) is 2.12. The predicted molar refractivity (Wildman–Crippen MR) is 66.8 cm³/mol. The molecule has 1 aromatic carbocycles. The van der Waals surface area contributed by atoms with Gasteiger partial charge in [0, 0.05) is 4.47 Å². The lowest BCUT2D eigenvalue weighted by atomic mass is 10.2. The van der Waals surface area contributed by atoms with E-state index >= 15 is 0 Å². The second kappa shape index (κ2) is 6.61. The topological polar surface area (TPSA) is 55.8 Å². The number of aliphatic hydroxyl groups excluding tert-OH is 1. The summed E-state index contributed by atoms with van der Waals surface area (Å²) in [5.74, 6) is 0.124. The fourth-order valence-corrected chi connectivity index (χ4v) is 1.63. The summed E-state index contributed by atoms with van der Waals surface area (Å²) in [7, 11) is 0. The van der Waals surface area contributed by atoms with Crippen LogP contribution in [0.4, 0.5) is 0 Å². The quantitative estimate of drug-likeness (QED) is 0.848. The van der Waals surface area contributed by atoms with Crippen molar-refractivity contribution in [2.24, 2.45) is 0 Å². The molecule has 17 heavy (non-hydrogen) atoms. The number of halogens is 1. The third kappa shape index (κ3) is 4.02. The Balaban J connectivity index is 2.71. The zero-order valence-corrected chi connectivity index (χ0v) is 11.4. The maximum Gasteiger partial charge on any atom is 0.347 e. The van der Waals surface area contributed by atoms with Crippen molar-refractivity contribution in [1.29, 1.82) is 0 Å². The molecule has 0 radical (unpaired) electrons. The molecule has 1 aromatic rings. The SMILES string of the molecule is CCOC(=O)C(C)Oc1ccc(Br)c(CO)c1. The van der Waals surface area contributed by atoms with Crippen LogP contribution < -0.4 is 4.74 Å². The van der Waals surface area contributed by atoms with Crippen LogP contribution in [0.2, 0.25) is 0 Å². The fraction of sp³-hybridized carbons (Fsp3) is 0.417. The molecule has 5 heteroatoms. The molecule has 1 unspecified atom stereocenters. The molecule has 94 valence electrons. The van der Waals surface area contributed by atoms with E-state index in [0.717, 1.165) is 4.47 Å². The number of rotatable bonds is 5. The number of hydrogen-bond donors (Lipinski definition) is 1. The zero-order chi connectivity index (χ0) is 12.8. The number of benzene rings is 1. The second-order valence-electron chi connectivity index (χ2n) is 3.42. The molecule has 0 aliphatic heterocycles. The van der Waals surface area contributed by atoms with Gasteiger partial charge < -0.3 is 14.6 Å². The molecule has 0 saturated carbocycles. The van der Waals surface area contributed by atoms with Gasteiger partial charge in [-0.15, -0.1) is 0 Å². The van der Waals surface area contributed by atoms with E-state index in [1.54, 1.807) is 32.0 Å². The van der Waals surface area contributed by atoms with Gasteiger partial charge in [0.1, 0.15) is 5.75 Å². The van der Waals surface area contributed by atoms with E-state index in [-0.39, 0.29) is 6.61 Å². The van der Waals surface area contributed by atoms with Crippen molar-refractivity contribution < 1.29 is 19.4 Å². The van der Waals surface area contributed by atoms with Crippen LogP contribution in [0, 0.1) is 0 Å². The van der Waals surface area contributed by atoms with Gasteiger partial charge >= 0.3 is 5.97 Å². The Morgan fingerprint density at radius 1 is 1.53 bits per heavy atom. The monoisotopic (exact) mass is 302 g/mol. The molecule has 0 bridgehead atoms. The van der Waals surface area contributed by atoms with E-state index in [1.165, 1.54) is 0 Å². The summed E-state index contributed by atoms with van der Waals surface area (Å²) in [4.78, 5) is 11.4. The van der Waals surface area contributed by atoms with Crippen LogP contribution in [0.3, 0.4) is 0 Å². The van der Waals surface area contributed by atoms with Gasteiger partial charge in [-0.3, -0.25) is 0 Å². The minimum Gasteiger partial charge on any atom is -0.479 e. The molecule has 1 N–H and O–H groups in total. The standard InChI is InChI=1S/C12H15BrO4/c1-3-16-12(15)8(2)17-10-4-5-11(13)9(6-10)7-14/h4-6,8,14H,3,7H2,1-2H3. The number of esters is 1. The summed E-state index contributed by atoms with van der Waals surface area (Å²) >= 11 is 3.30. The van der Waals surface area contributed by atoms with E-state index in [1.807, 2.05) is 0 Å². The maximum atomic E-state index is 11.4. The average molecular weight is 303 g/mol. The van der Waals surface area contributed by atoms with Gasteiger partial charge in [0.2, 0.25) is 0 Å². The van der Waals surface area contributed by atoms with Crippen molar-refractivity contribution in [2.75, 3.05) is 6.61 Å². The molecular formula is C12H15BrO4. The summed E-state index contributed by atoms with van der Waals surface area (Å²) in [6, 6.07) is 5.16. The first-order valence-corrected chi connectivity index (χ1v) is 6.10. The molecule has 4 nitrogen and oxygen atoms in total. The highest BCUT2D eigenvalue weighted by molar-refractivity contribution is 9.10. The molecule has 0 spiro atoms. The summed E-state index contributed by atoms with van der Waals surface area (Å²) in [6.07, 6.45) is -0.664. The lowest BCUT2D eigenvalue weighted by molar-refractivity contribution is -0.150. The minimum absolute atomic E-state index is 0.0917. The van der Waals surface area contributed by atoms with Gasteiger partial charge in [-0.1, -0.05) is 15.9 Å². The smallest absolute Gasteiger partial charge is 0.347 e. The largest absolute Gasteiger partial charge is 0.479 e. The molecule has 0 heterocycles. The number of carbonyl (C=O) groups excluding carboxylic acids is 1. The molecule has 0 fully saturated rings. The summed E-state index contributed by atoms with van der Waals surface area (Å²) in [6.45, 7) is 3.60. The van der Waals surface area contributed by atoms with Crippen molar-refractivity contribution in [2.45, 2.75) is 26.6 Å². The van der Waals surface area contributed by atoms with Gasteiger partial charge in [0.25, 0.3) is 0 Å². The van der Waals surface area contributed by atoms with E-state index in [9.17, 15) is 4.79 Å². The second-order valence-corrected chi connectivity index (χ2v) is 4.28. The van der Waals surface area contributed by atoms with Crippen LogP contribution in [0.1, 0.15) is 19.4 Å². The van der Waals surface area contributed by atoms with Gasteiger partial charge in [-0.2, -0.15) is 0 Å². The Hall–Kier alpha value is -1.07. The molecule has 1 rings (SSSR count). The molecule has 0 amide bonds. The molecule has 0 aromatic heterocycles. The highest BCUT2D eigenvalue weighted by Gasteiger charge is 2.15. The molecular weight excluding hydrogens is 288 g/mol. The molecule has 0 saturated heterocycles. The molecule has 1 atom stereocenters. The first-order chi connectivity index (χ1) is 8.08. The van der Waals surface area contributed by atoms with E-state index in [2.05, 4.69) is 15.9 Å². The molecule has 0 aliphatic rings. The highest BCUT2D eigenvalue weighted by atomic mass is 79.9. The van der Waals surface area contributed by atoms with E-state index in [4.69, 9.17) is 14.6 Å². The Morgan fingerprint density at radius 3 is 2.82 bits per heavy atom. The van der Waals surface area contributed by atoms with Crippen molar-refractivity contribution in [1.82, 2.24) is 0 Å². The van der Waals surface area contributed by atoms with E-state index < -0.39 is 12.1 Å². The first kappa shape index (κ1) is 14.0. The summed E-state index contributed by atoms with van der Waals surface area (Å²) < 4.78 is 11.1. The summed E-state index contributed by atoms with van der Waals surface area (Å²) in [5.41, 5.74) is 0.707. The number of ether oxygens (including phenoxy) is 2. The fourth-order valence-electron chi connectivity index (χ4n) is 1.26. The predicted octanol–water partition coefficient (Wildman–Crippen LogP) is 2.27. The lowest BCUT2D eigenvalue weighted by Crippen LogP contribution is -2.26. The third-order valence-corrected chi connectivity index (χ3v) is 2.89. The normalized spacial score (nSPS) is 12.0. The van der Waals surface area contributed by atoms with Gasteiger partial charge in [-0.05, 0) is 37.6 Å². The van der Waals surface area contributed by atoms with Crippen LogP contribution in [0.25, 0.3) is 0 Å².